The van der Waals surface area contributed by atoms with Crippen LogP contribution in [0.5, 0.6) is 11.6 Å². The molecule has 0 bridgehead atoms. The number of aromatic carboxylic acids is 1. The maximum absolute atomic E-state index is 13.6. The van der Waals surface area contributed by atoms with Gasteiger partial charge in [-0.25, -0.2) is 18.6 Å². The van der Waals surface area contributed by atoms with Gasteiger partial charge in [0.05, 0.1) is 0 Å². The average Bonchev–Trinajstić information content (AvgIpc) is 2.34. The standard InChI is InChI=1S/C12H7F2NO3/c13-8-3-1-2-4-9(8)18-11-10(14)7(12(16)17)5-6-15-11/h1-6H,(H,16,17). The molecule has 0 unspecified atom stereocenters. The number of carbonyl (C=O) groups is 1. The van der Waals surface area contributed by atoms with Crippen molar-refractivity contribution >= 4 is 5.97 Å². The average molecular weight is 251 g/mol. The molecule has 0 saturated heterocycles. The molecule has 92 valence electrons. The van der Waals surface area contributed by atoms with Gasteiger partial charge in [-0.2, -0.15) is 0 Å². The molecule has 6 heteroatoms. The highest BCUT2D eigenvalue weighted by molar-refractivity contribution is 5.88. The fraction of sp³-hybridized carbons (Fsp3) is 0. The van der Waals surface area contributed by atoms with E-state index in [1.165, 1.54) is 18.2 Å². The summed E-state index contributed by atoms with van der Waals surface area (Å²) in [7, 11) is 0. The first-order valence-electron chi connectivity index (χ1n) is 4.90. The Morgan fingerprint density at radius 2 is 1.94 bits per heavy atom. The number of rotatable bonds is 3. The second kappa shape index (κ2) is 4.79. The fourth-order valence-corrected chi connectivity index (χ4v) is 1.29. The number of benzene rings is 1. The van der Waals surface area contributed by atoms with E-state index in [4.69, 9.17) is 9.84 Å². The van der Waals surface area contributed by atoms with E-state index in [0.29, 0.717) is 0 Å². The van der Waals surface area contributed by atoms with Crippen LogP contribution in [0.4, 0.5) is 8.78 Å². The van der Waals surface area contributed by atoms with Gasteiger partial charge in [0.1, 0.15) is 5.56 Å². The van der Waals surface area contributed by atoms with Crippen molar-refractivity contribution in [2.75, 3.05) is 0 Å². The molecule has 0 spiro atoms. The van der Waals surface area contributed by atoms with Crippen molar-refractivity contribution in [1.82, 2.24) is 4.98 Å². The van der Waals surface area contributed by atoms with Crippen molar-refractivity contribution in [2.24, 2.45) is 0 Å². The predicted molar refractivity (Wildman–Crippen MR) is 57.6 cm³/mol. The number of carboxylic acids is 1. The van der Waals surface area contributed by atoms with Gasteiger partial charge in [0.15, 0.2) is 17.4 Å². The summed E-state index contributed by atoms with van der Waals surface area (Å²) < 4.78 is 31.8. The normalized spacial score (nSPS) is 10.1. The molecular weight excluding hydrogens is 244 g/mol. The third-order valence-corrected chi connectivity index (χ3v) is 2.13. The van der Waals surface area contributed by atoms with Crippen molar-refractivity contribution in [1.29, 1.82) is 0 Å². The predicted octanol–water partition coefficient (Wildman–Crippen LogP) is 2.85. The first-order valence-corrected chi connectivity index (χ1v) is 4.90. The Kier molecular flexibility index (Phi) is 3.18. The van der Waals surface area contributed by atoms with Gasteiger partial charge in [-0.3, -0.25) is 0 Å². The van der Waals surface area contributed by atoms with Gasteiger partial charge < -0.3 is 9.84 Å². The third kappa shape index (κ3) is 2.27. The minimum absolute atomic E-state index is 0.230. The van der Waals surface area contributed by atoms with Crippen LogP contribution in [0.3, 0.4) is 0 Å². The second-order valence-corrected chi connectivity index (χ2v) is 3.32. The molecule has 0 aliphatic rings. The van der Waals surface area contributed by atoms with Crippen LogP contribution in [-0.4, -0.2) is 16.1 Å². The Hall–Kier alpha value is -2.50. The molecule has 0 fully saturated rings. The maximum Gasteiger partial charge on any atom is 0.338 e. The van der Waals surface area contributed by atoms with Gasteiger partial charge in [0, 0.05) is 6.20 Å². The molecule has 2 rings (SSSR count). The van der Waals surface area contributed by atoms with E-state index >= 15 is 0 Å². The Morgan fingerprint density at radius 3 is 2.61 bits per heavy atom. The molecule has 1 aromatic carbocycles. The molecule has 0 atom stereocenters. The molecule has 1 N–H and O–H groups in total. The molecule has 0 aliphatic heterocycles. The lowest BCUT2D eigenvalue weighted by Gasteiger charge is -2.07. The number of pyridine rings is 1. The van der Waals surface area contributed by atoms with Gasteiger partial charge in [0.25, 0.3) is 5.88 Å². The highest BCUT2D eigenvalue weighted by Crippen LogP contribution is 2.25. The second-order valence-electron chi connectivity index (χ2n) is 3.32. The van der Waals surface area contributed by atoms with Gasteiger partial charge in [-0.05, 0) is 18.2 Å². The number of nitrogens with zero attached hydrogens (tertiary/aromatic N) is 1. The van der Waals surface area contributed by atoms with Crippen LogP contribution in [-0.2, 0) is 0 Å². The summed E-state index contributed by atoms with van der Waals surface area (Å²) in [6, 6.07) is 6.35. The quantitative estimate of drug-likeness (QED) is 0.911. The highest BCUT2D eigenvalue weighted by Gasteiger charge is 2.17. The number of ether oxygens (including phenoxy) is 1. The van der Waals surface area contributed by atoms with E-state index in [9.17, 15) is 13.6 Å². The zero-order valence-corrected chi connectivity index (χ0v) is 8.93. The minimum Gasteiger partial charge on any atom is -0.478 e. The van der Waals surface area contributed by atoms with E-state index in [1.54, 1.807) is 0 Å². The number of aromatic nitrogens is 1. The van der Waals surface area contributed by atoms with Crippen molar-refractivity contribution in [3.05, 3.63) is 53.7 Å². The summed E-state index contributed by atoms with van der Waals surface area (Å²) in [5.74, 6) is -4.10. The van der Waals surface area contributed by atoms with Crippen LogP contribution in [0.2, 0.25) is 0 Å². The first-order chi connectivity index (χ1) is 8.59. The molecule has 1 heterocycles. The number of carboxylic acid groups (broad SMARTS) is 1. The molecule has 2 aromatic rings. The van der Waals surface area contributed by atoms with Gasteiger partial charge in [-0.15, -0.1) is 0 Å². The van der Waals surface area contributed by atoms with Gasteiger partial charge in [-0.1, -0.05) is 12.1 Å². The van der Waals surface area contributed by atoms with Crippen molar-refractivity contribution < 1.29 is 23.4 Å². The lowest BCUT2D eigenvalue weighted by atomic mass is 10.2. The van der Waals surface area contributed by atoms with Gasteiger partial charge in [0.2, 0.25) is 0 Å². The van der Waals surface area contributed by atoms with E-state index in [2.05, 4.69) is 4.98 Å². The molecular formula is C12H7F2NO3. The summed E-state index contributed by atoms with van der Waals surface area (Å²) in [5.41, 5.74) is -0.587. The molecule has 4 nitrogen and oxygen atoms in total. The summed E-state index contributed by atoms with van der Waals surface area (Å²) in [5, 5.41) is 8.71. The van der Waals surface area contributed by atoms with Crippen LogP contribution in [0, 0.1) is 11.6 Å². The highest BCUT2D eigenvalue weighted by atomic mass is 19.1. The molecule has 1 aromatic heterocycles. The monoisotopic (exact) mass is 251 g/mol. The zero-order chi connectivity index (χ0) is 13.1. The lowest BCUT2D eigenvalue weighted by molar-refractivity contribution is 0.0690. The first kappa shape index (κ1) is 12.0. The summed E-state index contributed by atoms with van der Waals surface area (Å²) >= 11 is 0. The number of hydrogen-bond acceptors (Lipinski definition) is 3. The largest absolute Gasteiger partial charge is 0.478 e. The smallest absolute Gasteiger partial charge is 0.338 e. The molecule has 0 radical (unpaired) electrons. The van der Waals surface area contributed by atoms with Crippen molar-refractivity contribution in [3.63, 3.8) is 0 Å². The van der Waals surface area contributed by atoms with Crippen LogP contribution < -0.4 is 4.74 Å². The fourth-order valence-electron chi connectivity index (χ4n) is 1.29. The zero-order valence-electron chi connectivity index (χ0n) is 8.93. The SMILES string of the molecule is O=C(O)c1ccnc(Oc2ccccc2F)c1F. The summed E-state index contributed by atoms with van der Waals surface area (Å²) in [6.07, 6.45) is 1.07. The lowest BCUT2D eigenvalue weighted by Crippen LogP contribution is -2.03. The molecule has 0 amide bonds. The van der Waals surface area contributed by atoms with E-state index < -0.39 is 29.0 Å². The number of para-hydroxylation sites is 1. The number of hydrogen-bond donors (Lipinski definition) is 1. The Bertz CT molecular complexity index is 602. The Morgan fingerprint density at radius 1 is 1.22 bits per heavy atom. The minimum atomic E-state index is -1.45. The third-order valence-electron chi connectivity index (χ3n) is 2.13. The van der Waals surface area contributed by atoms with Gasteiger partial charge >= 0.3 is 5.97 Å². The Labute approximate surface area is 100 Å². The molecule has 18 heavy (non-hydrogen) atoms. The van der Waals surface area contributed by atoms with Crippen LogP contribution >= 0.6 is 0 Å². The molecule has 0 saturated carbocycles. The summed E-state index contributed by atoms with van der Waals surface area (Å²) in [6.45, 7) is 0. The van der Waals surface area contributed by atoms with Crippen molar-refractivity contribution in [2.45, 2.75) is 0 Å². The summed E-state index contributed by atoms with van der Waals surface area (Å²) in [4.78, 5) is 14.2. The van der Waals surface area contributed by atoms with Crippen LogP contribution in [0.25, 0.3) is 0 Å². The topological polar surface area (TPSA) is 59.4 Å². The van der Waals surface area contributed by atoms with Crippen LogP contribution in [0.15, 0.2) is 36.5 Å². The van der Waals surface area contributed by atoms with Crippen LogP contribution in [0.1, 0.15) is 10.4 Å². The molecule has 0 aliphatic carbocycles. The maximum atomic E-state index is 13.6. The van der Waals surface area contributed by atoms with E-state index in [-0.39, 0.29) is 5.75 Å². The van der Waals surface area contributed by atoms with Crippen molar-refractivity contribution in [3.8, 4) is 11.6 Å². The Balaban J connectivity index is 2.39. The van der Waals surface area contributed by atoms with E-state index in [1.807, 2.05) is 0 Å². The van der Waals surface area contributed by atoms with E-state index in [0.717, 1.165) is 18.3 Å². The number of halogens is 2.